The van der Waals surface area contributed by atoms with E-state index in [0.717, 1.165) is 11.8 Å². The third-order valence-electron chi connectivity index (χ3n) is 5.47. The molecule has 2 nitrogen and oxygen atoms in total. The maximum atomic E-state index is 6.12. The van der Waals surface area contributed by atoms with Gasteiger partial charge in [-0.3, -0.25) is 4.99 Å². The minimum absolute atomic E-state index is 0.368. The SMILES string of the molecule is CC12CCC(C1)C(C)(C)C2N=C(N)C1CC1. The van der Waals surface area contributed by atoms with E-state index in [1.165, 1.54) is 32.1 Å². The highest BCUT2D eigenvalue weighted by molar-refractivity contribution is 5.85. The van der Waals surface area contributed by atoms with Crippen LogP contribution < -0.4 is 5.73 Å². The zero-order valence-corrected chi connectivity index (χ0v) is 10.8. The van der Waals surface area contributed by atoms with Crippen LogP contribution in [0.1, 0.15) is 52.9 Å². The quantitative estimate of drug-likeness (QED) is 0.564. The molecule has 90 valence electrons. The molecule has 0 amide bonds. The average Bonchev–Trinajstić information content (AvgIpc) is 2.94. The van der Waals surface area contributed by atoms with Gasteiger partial charge in [-0.15, -0.1) is 0 Å². The van der Waals surface area contributed by atoms with Gasteiger partial charge in [0.15, 0.2) is 0 Å². The van der Waals surface area contributed by atoms with Crippen molar-refractivity contribution < 1.29 is 0 Å². The monoisotopic (exact) mass is 220 g/mol. The van der Waals surface area contributed by atoms with Crippen LogP contribution in [0.4, 0.5) is 0 Å². The molecule has 3 aliphatic rings. The maximum Gasteiger partial charge on any atom is 0.0972 e. The van der Waals surface area contributed by atoms with Gasteiger partial charge in [0.2, 0.25) is 0 Å². The number of hydrogen-bond acceptors (Lipinski definition) is 1. The van der Waals surface area contributed by atoms with Gasteiger partial charge in [0, 0.05) is 5.92 Å². The summed E-state index contributed by atoms with van der Waals surface area (Å²) in [5, 5.41) is 0. The van der Waals surface area contributed by atoms with Crippen LogP contribution >= 0.6 is 0 Å². The van der Waals surface area contributed by atoms with Crippen LogP contribution in [0.25, 0.3) is 0 Å². The standard InChI is InChI=1S/C14H24N2/c1-13(2)10-6-7-14(3,8-10)12(13)16-11(15)9-4-5-9/h9-10,12H,4-8H2,1-3H3,(H2,15,16). The Balaban J connectivity index is 1.90. The summed E-state index contributed by atoms with van der Waals surface area (Å²) >= 11 is 0. The van der Waals surface area contributed by atoms with Gasteiger partial charge in [-0.2, -0.15) is 0 Å². The summed E-state index contributed by atoms with van der Waals surface area (Å²) in [6.45, 7) is 7.23. The summed E-state index contributed by atoms with van der Waals surface area (Å²) < 4.78 is 0. The molecule has 3 unspecified atom stereocenters. The summed E-state index contributed by atoms with van der Waals surface area (Å²) in [6.07, 6.45) is 6.66. The van der Waals surface area contributed by atoms with E-state index in [9.17, 15) is 0 Å². The predicted molar refractivity (Wildman–Crippen MR) is 67.4 cm³/mol. The van der Waals surface area contributed by atoms with Crippen molar-refractivity contribution in [2.75, 3.05) is 0 Å². The third kappa shape index (κ3) is 1.34. The molecule has 0 aliphatic heterocycles. The minimum atomic E-state index is 0.368. The van der Waals surface area contributed by atoms with Crippen LogP contribution in [0, 0.1) is 22.7 Å². The molecule has 0 aromatic heterocycles. The normalized spacial score (nSPS) is 46.3. The van der Waals surface area contributed by atoms with Crippen LogP contribution in [0.3, 0.4) is 0 Å². The second-order valence-corrected chi connectivity index (χ2v) is 7.15. The lowest BCUT2D eigenvalue weighted by Crippen LogP contribution is -2.40. The summed E-state index contributed by atoms with van der Waals surface area (Å²) in [6, 6.07) is 0.472. The second kappa shape index (κ2) is 3.02. The number of rotatable bonds is 2. The van der Waals surface area contributed by atoms with E-state index in [0.29, 0.717) is 22.8 Å². The molecular formula is C14H24N2. The summed E-state index contributed by atoms with van der Waals surface area (Å²) in [7, 11) is 0. The number of aliphatic imine (C=N–C) groups is 1. The molecule has 0 aromatic carbocycles. The van der Waals surface area contributed by atoms with Crippen LogP contribution in [0.5, 0.6) is 0 Å². The van der Waals surface area contributed by atoms with Crippen molar-refractivity contribution in [3.05, 3.63) is 0 Å². The first kappa shape index (κ1) is 10.6. The largest absolute Gasteiger partial charge is 0.387 e. The molecule has 3 saturated carbocycles. The van der Waals surface area contributed by atoms with Gasteiger partial charge in [-0.05, 0) is 48.9 Å². The van der Waals surface area contributed by atoms with Gasteiger partial charge in [0.05, 0.1) is 11.9 Å². The van der Waals surface area contributed by atoms with Gasteiger partial charge >= 0.3 is 0 Å². The van der Waals surface area contributed by atoms with E-state index < -0.39 is 0 Å². The summed E-state index contributed by atoms with van der Waals surface area (Å²) in [4.78, 5) is 4.94. The molecule has 0 aromatic rings. The molecule has 2 N–H and O–H groups in total. The number of nitrogens with two attached hydrogens (primary N) is 1. The fourth-order valence-electron chi connectivity index (χ4n) is 4.23. The van der Waals surface area contributed by atoms with Gasteiger partial charge < -0.3 is 5.73 Å². The van der Waals surface area contributed by atoms with Crippen LogP contribution in [-0.2, 0) is 0 Å². The second-order valence-electron chi connectivity index (χ2n) is 7.15. The summed E-state index contributed by atoms with van der Waals surface area (Å²) in [5.74, 6) is 2.45. The lowest BCUT2D eigenvalue weighted by Gasteiger charge is -2.40. The zero-order valence-electron chi connectivity index (χ0n) is 10.8. The van der Waals surface area contributed by atoms with Gasteiger partial charge in [0.1, 0.15) is 0 Å². The fourth-order valence-corrected chi connectivity index (χ4v) is 4.23. The van der Waals surface area contributed by atoms with E-state index in [1.807, 2.05) is 0 Å². The van der Waals surface area contributed by atoms with E-state index in [-0.39, 0.29) is 0 Å². The molecule has 3 fully saturated rings. The molecule has 0 saturated heterocycles. The van der Waals surface area contributed by atoms with E-state index in [4.69, 9.17) is 10.7 Å². The fraction of sp³-hybridized carbons (Fsp3) is 0.929. The first-order chi connectivity index (χ1) is 7.43. The van der Waals surface area contributed by atoms with Crippen molar-refractivity contribution in [1.82, 2.24) is 0 Å². The van der Waals surface area contributed by atoms with Crippen LogP contribution in [-0.4, -0.2) is 11.9 Å². The first-order valence-electron chi connectivity index (χ1n) is 6.77. The molecule has 3 aliphatic carbocycles. The molecule has 0 radical (unpaired) electrons. The van der Waals surface area contributed by atoms with Crippen LogP contribution in [0.2, 0.25) is 0 Å². The van der Waals surface area contributed by atoms with Gasteiger partial charge in [-0.1, -0.05) is 20.8 Å². The molecule has 3 atom stereocenters. The Labute approximate surface area is 98.7 Å². The van der Waals surface area contributed by atoms with Crippen molar-refractivity contribution in [2.24, 2.45) is 33.4 Å². The smallest absolute Gasteiger partial charge is 0.0972 e. The molecule has 0 heterocycles. The number of hydrogen-bond donors (Lipinski definition) is 1. The molecule has 16 heavy (non-hydrogen) atoms. The zero-order chi connectivity index (χ0) is 11.6. The van der Waals surface area contributed by atoms with Gasteiger partial charge in [-0.25, -0.2) is 0 Å². The Kier molecular flexibility index (Phi) is 2.01. The van der Waals surface area contributed by atoms with Crippen molar-refractivity contribution in [3.8, 4) is 0 Å². The Morgan fingerprint density at radius 3 is 2.38 bits per heavy atom. The topological polar surface area (TPSA) is 38.4 Å². The first-order valence-corrected chi connectivity index (χ1v) is 6.77. The summed E-state index contributed by atoms with van der Waals surface area (Å²) in [5.41, 5.74) is 6.93. The number of nitrogens with zero attached hydrogens (tertiary/aromatic N) is 1. The van der Waals surface area contributed by atoms with Crippen molar-refractivity contribution >= 4 is 5.84 Å². The Morgan fingerprint density at radius 2 is 1.88 bits per heavy atom. The highest BCUT2D eigenvalue weighted by Gasteiger charge is 2.59. The van der Waals surface area contributed by atoms with E-state index in [1.54, 1.807) is 0 Å². The lowest BCUT2D eigenvalue weighted by atomic mass is 9.68. The predicted octanol–water partition coefficient (Wildman–Crippen LogP) is 2.97. The molecular weight excluding hydrogens is 196 g/mol. The number of amidine groups is 1. The van der Waals surface area contributed by atoms with Crippen molar-refractivity contribution in [3.63, 3.8) is 0 Å². The number of fused-ring (bicyclic) bond motifs is 2. The maximum absolute atomic E-state index is 6.12. The molecule has 3 rings (SSSR count). The Morgan fingerprint density at radius 1 is 1.19 bits per heavy atom. The minimum Gasteiger partial charge on any atom is -0.387 e. The highest BCUT2D eigenvalue weighted by Crippen LogP contribution is 2.63. The average molecular weight is 220 g/mol. The van der Waals surface area contributed by atoms with Crippen molar-refractivity contribution in [1.29, 1.82) is 0 Å². The Bertz CT molecular complexity index is 336. The van der Waals surface area contributed by atoms with Crippen molar-refractivity contribution in [2.45, 2.75) is 58.9 Å². The highest BCUT2D eigenvalue weighted by atomic mass is 15.0. The van der Waals surface area contributed by atoms with E-state index >= 15 is 0 Å². The van der Waals surface area contributed by atoms with Gasteiger partial charge in [0.25, 0.3) is 0 Å². The van der Waals surface area contributed by atoms with Crippen LogP contribution in [0.15, 0.2) is 4.99 Å². The molecule has 2 heteroatoms. The van der Waals surface area contributed by atoms with E-state index in [2.05, 4.69) is 20.8 Å². The molecule has 0 spiro atoms. The molecule has 2 bridgehead atoms. The lowest BCUT2D eigenvalue weighted by molar-refractivity contribution is 0.142. The third-order valence-corrected chi connectivity index (χ3v) is 5.47. The Hall–Kier alpha value is -0.530.